The van der Waals surface area contributed by atoms with Crippen molar-refractivity contribution in [2.45, 2.75) is 18.9 Å². The molecule has 82 valence electrons. The van der Waals surface area contributed by atoms with E-state index in [9.17, 15) is 18.4 Å². The second-order valence-electron chi connectivity index (χ2n) is 3.00. The summed E-state index contributed by atoms with van der Waals surface area (Å²) in [6, 6.07) is -0.930. The highest BCUT2D eigenvalue weighted by atomic mass is 19.3. The van der Waals surface area contributed by atoms with Gasteiger partial charge in [0.25, 0.3) is 0 Å². The lowest BCUT2D eigenvalue weighted by atomic mass is 10.2. The Bertz CT molecular complexity index is 245. The van der Waals surface area contributed by atoms with Crippen molar-refractivity contribution in [2.75, 3.05) is 13.6 Å². The average molecular weight is 210 g/mol. The number of hydrogen-bond acceptors (Lipinski definition) is 3. The van der Waals surface area contributed by atoms with Gasteiger partial charge in [-0.3, -0.25) is 9.69 Å². The predicted molar refractivity (Wildman–Crippen MR) is 43.9 cm³/mol. The number of nitrogens with zero attached hydrogens (tertiary/aromatic N) is 1. The minimum absolute atomic E-state index is 0.784. The van der Waals surface area contributed by atoms with Crippen LogP contribution in [0.3, 0.4) is 0 Å². The zero-order chi connectivity index (χ0) is 11.5. The second kappa shape index (κ2) is 4.32. The molecule has 3 N–H and O–H groups in total. The topological polar surface area (TPSA) is 83.6 Å². The number of aliphatic carboxylic acids is 1. The number of halogens is 2. The van der Waals surface area contributed by atoms with Crippen LogP contribution < -0.4 is 5.73 Å². The SMILES string of the molecule is C[C@H](C(N)=O)N(C)CC(F)(F)C(=O)O. The molecule has 0 aromatic heterocycles. The Morgan fingerprint density at radius 3 is 2.29 bits per heavy atom. The fraction of sp³-hybridized carbons (Fsp3) is 0.714. The van der Waals surface area contributed by atoms with Gasteiger partial charge in [-0.25, -0.2) is 4.79 Å². The summed E-state index contributed by atoms with van der Waals surface area (Å²) in [5.74, 6) is -6.88. The van der Waals surface area contributed by atoms with Crippen molar-refractivity contribution in [1.29, 1.82) is 0 Å². The average Bonchev–Trinajstić information content (AvgIpc) is 2.01. The van der Waals surface area contributed by atoms with E-state index in [0.717, 1.165) is 4.90 Å². The maximum absolute atomic E-state index is 12.6. The van der Waals surface area contributed by atoms with Crippen molar-refractivity contribution in [3.05, 3.63) is 0 Å². The van der Waals surface area contributed by atoms with E-state index in [1.54, 1.807) is 0 Å². The summed E-state index contributed by atoms with van der Waals surface area (Å²) in [7, 11) is 1.20. The van der Waals surface area contributed by atoms with Gasteiger partial charge in [-0.1, -0.05) is 0 Å². The van der Waals surface area contributed by atoms with Crippen LogP contribution in [0.15, 0.2) is 0 Å². The molecule has 0 unspecified atom stereocenters. The van der Waals surface area contributed by atoms with E-state index < -0.39 is 30.4 Å². The number of alkyl halides is 2. The van der Waals surface area contributed by atoms with Crippen LogP contribution >= 0.6 is 0 Å². The summed E-state index contributed by atoms with van der Waals surface area (Å²) >= 11 is 0. The van der Waals surface area contributed by atoms with Gasteiger partial charge in [0, 0.05) is 0 Å². The largest absolute Gasteiger partial charge is 0.477 e. The molecule has 0 saturated carbocycles. The number of rotatable bonds is 5. The van der Waals surface area contributed by atoms with Gasteiger partial charge in [-0.2, -0.15) is 8.78 Å². The maximum atomic E-state index is 12.6. The number of carbonyl (C=O) groups is 2. The summed E-state index contributed by atoms with van der Waals surface area (Å²) in [6.07, 6.45) is 0. The van der Waals surface area contributed by atoms with E-state index in [2.05, 4.69) is 0 Å². The summed E-state index contributed by atoms with van der Waals surface area (Å²) in [6.45, 7) is 0.271. The van der Waals surface area contributed by atoms with Gasteiger partial charge in [0.1, 0.15) is 0 Å². The fourth-order valence-electron chi connectivity index (χ4n) is 0.735. The van der Waals surface area contributed by atoms with Gasteiger partial charge in [0.15, 0.2) is 0 Å². The van der Waals surface area contributed by atoms with Crippen LogP contribution in [0.4, 0.5) is 8.78 Å². The highest BCUT2D eigenvalue weighted by molar-refractivity contribution is 5.79. The van der Waals surface area contributed by atoms with Crippen molar-refractivity contribution >= 4 is 11.9 Å². The lowest BCUT2D eigenvalue weighted by molar-refractivity contribution is -0.168. The van der Waals surface area contributed by atoms with Crippen LogP contribution in [-0.4, -0.2) is 47.4 Å². The Labute approximate surface area is 79.5 Å². The molecule has 5 nitrogen and oxygen atoms in total. The number of hydrogen-bond donors (Lipinski definition) is 2. The minimum atomic E-state index is -3.88. The van der Waals surface area contributed by atoms with Gasteiger partial charge < -0.3 is 10.8 Å². The normalized spacial score (nSPS) is 14.1. The zero-order valence-corrected chi connectivity index (χ0v) is 7.83. The summed E-state index contributed by atoms with van der Waals surface area (Å²) in [5.41, 5.74) is 4.86. The third-order valence-electron chi connectivity index (χ3n) is 1.83. The van der Waals surface area contributed by atoms with E-state index in [1.165, 1.54) is 14.0 Å². The standard InChI is InChI=1S/C7H12F2N2O3/c1-4(5(10)12)11(2)3-7(8,9)6(13)14/h4H,3H2,1-2H3,(H2,10,12)(H,13,14)/t4-/m1/s1. The van der Waals surface area contributed by atoms with Gasteiger partial charge in [0.2, 0.25) is 5.91 Å². The fourth-order valence-corrected chi connectivity index (χ4v) is 0.735. The molecular weight excluding hydrogens is 198 g/mol. The van der Waals surface area contributed by atoms with Crippen LogP contribution in [-0.2, 0) is 9.59 Å². The first kappa shape index (κ1) is 12.8. The van der Waals surface area contributed by atoms with Crippen LogP contribution in [0, 0.1) is 0 Å². The minimum Gasteiger partial charge on any atom is -0.477 e. The number of amides is 1. The monoisotopic (exact) mass is 210 g/mol. The zero-order valence-electron chi connectivity index (χ0n) is 7.83. The van der Waals surface area contributed by atoms with Crippen molar-refractivity contribution < 1.29 is 23.5 Å². The summed E-state index contributed by atoms with van der Waals surface area (Å²) in [5, 5.41) is 8.12. The first-order valence-corrected chi connectivity index (χ1v) is 3.79. The molecule has 0 fully saturated rings. The van der Waals surface area contributed by atoms with Gasteiger partial charge in [0.05, 0.1) is 12.6 Å². The molecular formula is C7H12F2N2O3. The van der Waals surface area contributed by atoms with E-state index in [4.69, 9.17) is 10.8 Å². The Morgan fingerprint density at radius 1 is 1.57 bits per heavy atom. The quantitative estimate of drug-likeness (QED) is 0.641. The first-order chi connectivity index (χ1) is 6.18. The molecule has 0 spiro atoms. The molecule has 14 heavy (non-hydrogen) atoms. The maximum Gasteiger partial charge on any atom is 0.375 e. The van der Waals surface area contributed by atoms with Crippen molar-refractivity contribution in [1.82, 2.24) is 4.90 Å². The predicted octanol–water partition coefficient (Wildman–Crippen LogP) is -0.488. The van der Waals surface area contributed by atoms with Crippen LogP contribution in [0.25, 0.3) is 0 Å². The highest BCUT2D eigenvalue weighted by Gasteiger charge is 2.41. The van der Waals surface area contributed by atoms with E-state index >= 15 is 0 Å². The molecule has 0 rings (SSSR count). The molecule has 0 heterocycles. The molecule has 0 aliphatic carbocycles. The molecule has 0 radical (unpaired) electrons. The molecule has 7 heteroatoms. The Morgan fingerprint density at radius 2 is 2.00 bits per heavy atom. The van der Waals surface area contributed by atoms with Crippen molar-refractivity contribution in [3.8, 4) is 0 Å². The molecule has 0 aliphatic rings. The molecule has 0 aromatic rings. The molecule has 0 bridgehead atoms. The van der Waals surface area contributed by atoms with Gasteiger partial charge in [-0.05, 0) is 14.0 Å². The van der Waals surface area contributed by atoms with E-state index in [1.807, 2.05) is 0 Å². The third kappa shape index (κ3) is 3.25. The lowest BCUT2D eigenvalue weighted by Gasteiger charge is -2.24. The van der Waals surface area contributed by atoms with Gasteiger partial charge in [-0.15, -0.1) is 0 Å². The molecule has 0 saturated heterocycles. The van der Waals surface area contributed by atoms with Crippen molar-refractivity contribution in [3.63, 3.8) is 0 Å². The number of carboxylic acid groups (broad SMARTS) is 1. The Hall–Kier alpha value is -1.24. The van der Waals surface area contributed by atoms with Gasteiger partial charge >= 0.3 is 11.9 Å². The van der Waals surface area contributed by atoms with Crippen LogP contribution in [0.5, 0.6) is 0 Å². The van der Waals surface area contributed by atoms with Crippen LogP contribution in [0.1, 0.15) is 6.92 Å². The smallest absolute Gasteiger partial charge is 0.375 e. The second-order valence-corrected chi connectivity index (χ2v) is 3.00. The Balaban J connectivity index is 4.39. The van der Waals surface area contributed by atoms with E-state index in [-0.39, 0.29) is 0 Å². The molecule has 0 aliphatic heterocycles. The van der Waals surface area contributed by atoms with E-state index in [0.29, 0.717) is 0 Å². The summed E-state index contributed by atoms with van der Waals surface area (Å²) in [4.78, 5) is 21.5. The lowest BCUT2D eigenvalue weighted by Crippen LogP contribution is -2.48. The number of nitrogens with two attached hydrogens (primary N) is 1. The third-order valence-corrected chi connectivity index (χ3v) is 1.83. The van der Waals surface area contributed by atoms with Crippen molar-refractivity contribution in [2.24, 2.45) is 5.73 Å². The molecule has 1 amide bonds. The van der Waals surface area contributed by atoms with Crippen LogP contribution in [0.2, 0.25) is 0 Å². The highest BCUT2D eigenvalue weighted by Crippen LogP contribution is 2.15. The number of carbonyl (C=O) groups excluding carboxylic acids is 1. The summed E-state index contributed by atoms with van der Waals surface area (Å²) < 4.78 is 25.3. The first-order valence-electron chi connectivity index (χ1n) is 3.79. The number of carboxylic acids is 1. The molecule has 0 aromatic carbocycles. The number of primary amides is 1. The molecule has 1 atom stereocenters. The number of likely N-dealkylation sites (N-methyl/N-ethyl adjacent to an activating group) is 1. The Kier molecular flexibility index (Phi) is 3.93.